The highest BCUT2D eigenvalue weighted by atomic mass is 32.2. The standard InChI is InChI=1S/C27H23N3O4S/c31-26(32)24(29-25-17-16-23(18-28-25)30(33)34)19-35-27(20-10-4-1-5-11-20,21-12-6-2-7-13-21)22-14-8-3-9-15-22/h1-18,24H,19H2,(H,28,29)(H,31,32). The molecule has 0 amide bonds. The molecule has 1 unspecified atom stereocenters. The van der Waals surface area contributed by atoms with Gasteiger partial charge in [-0.05, 0) is 22.8 Å². The molecule has 1 atom stereocenters. The lowest BCUT2D eigenvalue weighted by Crippen LogP contribution is -2.35. The van der Waals surface area contributed by atoms with Gasteiger partial charge in [-0.15, -0.1) is 11.8 Å². The number of rotatable bonds is 10. The second kappa shape index (κ2) is 10.8. The van der Waals surface area contributed by atoms with Crippen molar-refractivity contribution in [2.24, 2.45) is 0 Å². The number of aliphatic carboxylic acids is 1. The van der Waals surface area contributed by atoms with Gasteiger partial charge in [0.15, 0.2) is 0 Å². The van der Waals surface area contributed by atoms with Crippen molar-refractivity contribution in [3.8, 4) is 0 Å². The van der Waals surface area contributed by atoms with Gasteiger partial charge in [0.1, 0.15) is 18.1 Å². The molecule has 7 nitrogen and oxygen atoms in total. The zero-order valence-electron chi connectivity index (χ0n) is 18.7. The van der Waals surface area contributed by atoms with Gasteiger partial charge in [0.25, 0.3) is 5.69 Å². The Morgan fingerprint density at radius 1 is 0.886 bits per heavy atom. The molecule has 0 saturated heterocycles. The number of carbonyl (C=O) groups is 1. The van der Waals surface area contributed by atoms with E-state index in [-0.39, 0.29) is 17.3 Å². The summed E-state index contributed by atoms with van der Waals surface area (Å²) >= 11 is 1.51. The van der Waals surface area contributed by atoms with Crippen LogP contribution in [-0.2, 0) is 9.54 Å². The summed E-state index contributed by atoms with van der Waals surface area (Å²) in [6, 6.07) is 31.7. The van der Waals surface area contributed by atoms with E-state index in [1.165, 1.54) is 23.9 Å². The number of nitro groups is 1. The predicted molar refractivity (Wildman–Crippen MR) is 138 cm³/mol. The number of thioether (sulfide) groups is 1. The fourth-order valence-electron chi connectivity index (χ4n) is 3.91. The van der Waals surface area contributed by atoms with Gasteiger partial charge in [-0.3, -0.25) is 10.1 Å². The minimum atomic E-state index is -1.04. The summed E-state index contributed by atoms with van der Waals surface area (Å²) in [6.45, 7) is 0. The first-order valence-corrected chi connectivity index (χ1v) is 11.9. The molecule has 0 bridgehead atoms. The highest BCUT2D eigenvalue weighted by molar-refractivity contribution is 8.00. The first kappa shape index (κ1) is 24.0. The number of aromatic nitrogens is 1. The van der Waals surface area contributed by atoms with E-state index in [2.05, 4.69) is 10.3 Å². The first-order chi connectivity index (χ1) is 17.0. The van der Waals surface area contributed by atoms with E-state index >= 15 is 0 Å². The number of nitrogens with zero attached hydrogens (tertiary/aromatic N) is 2. The molecule has 2 N–H and O–H groups in total. The molecule has 0 fully saturated rings. The van der Waals surface area contributed by atoms with Gasteiger partial charge >= 0.3 is 5.97 Å². The van der Waals surface area contributed by atoms with E-state index in [0.717, 1.165) is 22.9 Å². The molecule has 0 saturated carbocycles. The average Bonchev–Trinajstić information content (AvgIpc) is 2.90. The summed E-state index contributed by atoms with van der Waals surface area (Å²) in [5, 5.41) is 23.8. The van der Waals surface area contributed by atoms with Gasteiger partial charge in [0.05, 0.1) is 9.67 Å². The topological polar surface area (TPSA) is 105 Å². The number of anilines is 1. The van der Waals surface area contributed by atoms with Crippen LogP contribution in [0.1, 0.15) is 16.7 Å². The Hall–Kier alpha value is -4.17. The molecule has 8 heteroatoms. The Balaban J connectivity index is 1.72. The van der Waals surface area contributed by atoms with E-state index in [1.807, 2.05) is 91.0 Å². The normalized spacial score (nSPS) is 12.0. The van der Waals surface area contributed by atoms with Gasteiger partial charge < -0.3 is 10.4 Å². The SMILES string of the molecule is O=C(O)C(CSC(c1ccccc1)(c1ccccc1)c1ccccc1)Nc1ccc([N+](=O)[O-])cn1. The van der Waals surface area contributed by atoms with Gasteiger partial charge in [-0.25, -0.2) is 9.78 Å². The smallest absolute Gasteiger partial charge is 0.327 e. The Kier molecular flexibility index (Phi) is 7.42. The van der Waals surface area contributed by atoms with Gasteiger partial charge in [0.2, 0.25) is 0 Å². The molecule has 0 aliphatic heterocycles. The van der Waals surface area contributed by atoms with Crippen LogP contribution in [0.3, 0.4) is 0 Å². The minimum absolute atomic E-state index is 0.159. The van der Waals surface area contributed by atoms with Gasteiger partial charge in [-0.2, -0.15) is 0 Å². The molecular weight excluding hydrogens is 462 g/mol. The molecule has 4 rings (SSSR count). The van der Waals surface area contributed by atoms with Crippen LogP contribution in [0.4, 0.5) is 11.5 Å². The summed E-state index contributed by atoms with van der Waals surface area (Å²) < 4.78 is -0.665. The number of carboxylic acids is 1. The molecule has 35 heavy (non-hydrogen) atoms. The Bertz CT molecular complexity index is 1170. The third-order valence-corrected chi connectivity index (χ3v) is 7.23. The number of hydrogen-bond acceptors (Lipinski definition) is 6. The molecule has 3 aromatic carbocycles. The quantitative estimate of drug-likeness (QED) is 0.172. The van der Waals surface area contributed by atoms with Crippen LogP contribution in [0.5, 0.6) is 0 Å². The lowest BCUT2D eigenvalue weighted by molar-refractivity contribution is -0.385. The number of hydrogen-bond donors (Lipinski definition) is 2. The highest BCUT2D eigenvalue weighted by Crippen LogP contribution is 2.48. The van der Waals surface area contributed by atoms with E-state index in [9.17, 15) is 20.0 Å². The predicted octanol–water partition coefficient (Wildman–Crippen LogP) is 5.58. The van der Waals surface area contributed by atoms with Crippen LogP contribution in [-0.4, -0.2) is 32.8 Å². The molecule has 4 aromatic rings. The van der Waals surface area contributed by atoms with Gasteiger partial charge in [-0.1, -0.05) is 91.0 Å². The van der Waals surface area contributed by atoms with Gasteiger partial charge in [0, 0.05) is 11.8 Å². The van der Waals surface area contributed by atoms with Crippen molar-refractivity contribution in [1.29, 1.82) is 0 Å². The lowest BCUT2D eigenvalue weighted by atomic mass is 9.84. The summed E-state index contributed by atoms with van der Waals surface area (Å²) in [5.41, 5.74) is 2.92. The number of pyridine rings is 1. The third-order valence-electron chi connectivity index (χ3n) is 5.59. The van der Waals surface area contributed by atoms with Crippen LogP contribution in [0.2, 0.25) is 0 Å². The summed E-state index contributed by atoms with van der Waals surface area (Å²) in [4.78, 5) is 26.6. The second-order valence-corrected chi connectivity index (χ2v) is 9.02. The van der Waals surface area contributed by atoms with Crippen molar-refractivity contribution in [3.63, 3.8) is 0 Å². The highest BCUT2D eigenvalue weighted by Gasteiger charge is 2.38. The van der Waals surface area contributed by atoms with Crippen molar-refractivity contribution in [2.75, 3.05) is 11.1 Å². The third kappa shape index (κ3) is 5.33. The van der Waals surface area contributed by atoms with Crippen molar-refractivity contribution in [2.45, 2.75) is 10.8 Å². The number of carboxylic acid groups (broad SMARTS) is 1. The molecule has 0 radical (unpaired) electrons. The van der Waals surface area contributed by atoms with Crippen LogP contribution in [0.15, 0.2) is 109 Å². The number of benzene rings is 3. The average molecular weight is 486 g/mol. The Morgan fingerprint density at radius 3 is 1.74 bits per heavy atom. The second-order valence-electron chi connectivity index (χ2n) is 7.78. The van der Waals surface area contributed by atoms with Crippen molar-refractivity contribution < 1.29 is 14.8 Å². The molecule has 0 aliphatic rings. The van der Waals surface area contributed by atoms with Crippen LogP contribution >= 0.6 is 11.8 Å². The number of nitrogens with one attached hydrogen (secondary N) is 1. The molecule has 1 heterocycles. The molecule has 176 valence electrons. The van der Waals surface area contributed by atoms with E-state index in [0.29, 0.717) is 0 Å². The summed E-state index contributed by atoms with van der Waals surface area (Å²) in [5.74, 6) is -0.582. The van der Waals surface area contributed by atoms with Crippen LogP contribution in [0.25, 0.3) is 0 Å². The maximum Gasteiger partial charge on any atom is 0.327 e. The zero-order chi connectivity index (χ0) is 24.7. The molecule has 0 aliphatic carbocycles. The molecule has 1 aromatic heterocycles. The van der Waals surface area contributed by atoms with Crippen LogP contribution < -0.4 is 5.32 Å². The Morgan fingerprint density at radius 2 is 1.37 bits per heavy atom. The van der Waals surface area contributed by atoms with E-state index in [1.54, 1.807) is 0 Å². The maximum atomic E-state index is 12.2. The molecule has 0 spiro atoms. The lowest BCUT2D eigenvalue weighted by Gasteiger charge is -2.36. The fourth-order valence-corrected chi connectivity index (χ4v) is 5.46. The molecular formula is C27H23N3O4S. The zero-order valence-corrected chi connectivity index (χ0v) is 19.5. The summed E-state index contributed by atoms with van der Waals surface area (Å²) in [6.07, 6.45) is 1.11. The largest absolute Gasteiger partial charge is 0.480 e. The van der Waals surface area contributed by atoms with Crippen molar-refractivity contribution in [3.05, 3.63) is 136 Å². The van der Waals surface area contributed by atoms with Crippen molar-refractivity contribution >= 4 is 29.2 Å². The monoisotopic (exact) mass is 485 g/mol. The van der Waals surface area contributed by atoms with E-state index in [4.69, 9.17) is 0 Å². The fraction of sp³-hybridized carbons (Fsp3) is 0.111. The Labute approximate surface area is 207 Å². The minimum Gasteiger partial charge on any atom is -0.480 e. The summed E-state index contributed by atoms with van der Waals surface area (Å²) in [7, 11) is 0. The maximum absolute atomic E-state index is 12.2. The van der Waals surface area contributed by atoms with E-state index < -0.39 is 21.7 Å². The van der Waals surface area contributed by atoms with Crippen molar-refractivity contribution in [1.82, 2.24) is 4.98 Å². The van der Waals surface area contributed by atoms with Crippen LogP contribution in [0, 0.1) is 10.1 Å². The first-order valence-electron chi connectivity index (χ1n) is 10.9.